The lowest BCUT2D eigenvalue weighted by Gasteiger charge is -2.38. The van der Waals surface area contributed by atoms with Crippen LogP contribution in [0.15, 0.2) is 6.07 Å². The highest BCUT2D eigenvalue weighted by molar-refractivity contribution is 5.30. The second kappa shape index (κ2) is 6.06. The fraction of sp³-hybridized carbons (Fsp3) is 0.733. The van der Waals surface area contributed by atoms with Gasteiger partial charge < -0.3 is 9.64 Å². The normalized spacial score (nSPS) is 19.1. The van der Waals surface area contributed by atoms with E-state index in [4.69, 9.17) is 4.74 Å². The highest BCUT2D eigenvalue weighted by Crippen LogP contribution is 2.16. The van der Waals surface area contributed by atoms with E-state index in [1.165, 1.54) is 0 Å². The molecule has 1 aromatic rings. The van der Waals surface area contributed by atoms with E-state index < -0.39 is 0 Å². The predicted octanol–water partition coefficient (Wildman–Crippen LogP) is 1.64. The Hall–Kier alpha value is -1.20. The molecule has 0 atom stereocenters. The lowest BCUT2D eigenvalue weighted by atomic mass is 10.1. The van der Waals surface area contributed by atoms with Gasteiger partial charge in [-0.15, -0.1) is 0 Å². The molecule has 112 valence electrons. The maximum absolute atomic E-state index is 5.74. The molecule has 1 fully saturated rings. The highest BCUT2D eigenvalue weighted by Gasteiger charge is 2.26. The Morgan fingerprint density at radius 3 is 2.55 bits per heavy atom. The first-order chi connectivity index (χ1) is 9.35. The number of hydrogen-bond donors (Lipinski definition) is 0. The number of nitrogens with zero attached hydrogens (tertiary/aromatic N) is 4. The van der Waals surface area contributed by atoms with E-state index in [1.807, 2.05) is 19.9 Å². The summed E-state index contributed by atoms with van der Waals surface area (Å²) in [5, 5.41) is 0. The van der Waals surface area contributed by atoms with Crippen LogP contribution in [0.3, 0.4) is 0 Å². The van der Waals surface area contributed by atoms with Crippen LogP contribution in [0.4, 0.5) is 5.95 Å². The zero-order chi connectivity index (χ0) is 14.8. The van der Waals surface area contributed by atoms with E-state index in [-0.39, 0.29) is 5.60 Å². The Balaban J connectivity index is 1.90. The Bertz CT molecular complexity index is 441. The Morgan fingerprint density at radius 1 is 1.30 bits per heavy atom. The molecule has 0 aromatic carbocycles. The van der Waals surface area contributed by atoms with Crippen molar-refractivity contribution in [2.24, 2.45) is 0 Å². The molecule has 0 unspecified atom stereocenters. The number of ether oxygens (including phenoxy) is 1. The van der Waals surface area contributed by atoms with Crippen LogP contribution in [0.5, 0.6) is 0 Å². The molecular formula is C15H26N4O. The van der Waals surface area contributed by atoms with Gasteiger partial charge in [0.1, 0.15) is 0 Å². The van der Waals surface area contributed by atoms with Gasteiger partial charge in [0.25, 0.3) is 0 Å². The van der Waals surface area contributed by atoms with Crippen molar-refractivity contribution in [3.63, 3.8) is 0 Å². The molecule has 1 aromatic heterocycles. The van der Waals surface area contributed by atoms with Gasteiger partial charge in [-0.05, 0) is 33.8 Å². The zero-order valence-corrected chi connectivity index (χ0v) is 13.3. The summed E-state index contributed by atoms with van der Waals surface area (Å²) in [5.74, 6) is 0.815. The van der Waals surface area contributed by atoms with Crippen molar-refractivity contribution in [1.29, 1.82) is 0 Å². The maximum Gasteiger partial charge on any atom is 0.225 e. The average Bonchev–Trinajstić information content (AvgIpc) is 2.33. The fourth-order valence-corrected chi connectivity index (χ4v) is 2.57. The van der Waals surface area contributed by atoms with E-state index in [0.717, 1.165) is 50.1 Å². The SMILES string of the molecule is Cc1cc(C)nc(N(C)CCN2CCOC(C)(C)C2)n1. The van der Waals surface area contributed by atoms with E-state index in [2.05, 4.69) is 40.7 Å². The number of likely N-dealkylation sites (N-methyl/N-ethyl adjacent to an activating group) is 1. The van der Waals surface area contributed by atoms with Crippen molar-refractivity contribution < 1.29 is 4.74 Å². The lowest BCUT2D eigenvalue weighted by molar-refractivity contribution is -0.0850. The molecule has 1 aliphatic rings. The summed E-state index contributed by atoms with van der Waals surface area (Å²) in [6.45, 7) is 13.1. The molecule has 0 bridgehead atoms. The van der Waals surface area contributed by atoms with E-state index in [1.54, 1.807) is 0 Å². The van der Waals surface area contributed by atoms with Crippen molar-refractivity contribution in [3.05, 3.63) is 17.5 Å². The van der Waals surface area contributed by atoms with E-state index in [0.29, 0.717) is 0 Å². The molecule has 0 N–H and O–H groups in total. The van der Waals surface area contributed by atoms with Crippen molar-refractivity contribution in [2.75, 3.05) is 44.7 Å². The summed E-state index contributed by atoms with van der Waals surface area (Å²) in [5.41, 5.74) is 2.01. The average molecular weight is 278 g/mol. The summed E-state index contributed by atoms with van der Waals surface area (Å²) in [6.07, 6.45) is 0. The zero-order valence-electron chi connectivity index (χ0n) is 13.3. The molecule has 0 saturated carbocycles. The third kappa shape index (κ3) is 4.15. The molecule has 5 nitrogen and oxygen atoms in total. The van der Waals surface area contributed by atoms with Gasteiger partial charge in [-0.2, -0.15) is 0 Å². The Morgan fingerprint density at radius 2 is 1.95 bits per heavy atom. The van der Waals surface area contributed by atoms with Gasteiger partial charge in [-0.3, -0.25) is 4.90 Å². The third-order valence-corrected chi connectivity index (χ3v) is 3.57. The smallest absolute Gasteiger partial charge is 0.225 e. The Kier molecular flexibility index (Phi) is 4.60. The van der Waals surface area contributed by atoms with Crippen molar-refractivity contribution in [3.8, 4) is 0 Å². The van der Waals surface area contributed by atoms with Gasteiger partial charge in [0.2, 0.25) is 5.95 Å². The molecule has 1 aliphatic heterocycles. The van der Waals surface area contributed by atoms with Gasteiger partial charge in [0.05, 0.1) is 12.2 Å². The number of hydrogen-bond acceptors (Lipinski definition) is 5. The number of rotatable bonds is 4. The molecule has 2 heterocycles. The van der Waals surface area contributed by atoms with Crippen LogP contribution in [-0.2, 0) is 4.74 Å². The molecule has 0 amide bonds. The first-order valence-electron chi connectivity index (χ1n) is 7.25. The molecule has 1 saturated heterocycles. The first-order valence-corrected chi connectivity index (χ1v) is 7.25. The van der Waals surface area contributed by atoms with Gasteiger partial charge in [0, 0.05) is 44.6 Å². The van der Waals surface area contributed by atoms with Crippen LogP contribution in [0, 0.1) is 13.8 Å². The van der Waals surface area contributed by atoms with Crippen molar-refractivity contribution in [2.45, 2.75) is 33.3 Å². The first kappa shape index (κ1) is 15.2. The molecule has 2 rings (SSSR count). The second-order valence-corrected chi connectivity index (χ2v) is 6.26. The van der Waals surface area contributed by atoms with Crippen LogP contribution >= 0.6 is 0 Å². The van der Waals surface area contributed by atoms with Crippen LogP contribution < -0.4 is 4.90 Å². The standard InChI is InChI=1S/C15H26N4O/c1-12-10-13(2)17-14(16-12)18(5)6-7-19-8-9-20-15(3,4)11-19/h10H,6-9,11H2,1-5H3. The summed E-state index contributed by atoms with van der Waals surface area (Å²) >= 11 is 0. The molecular weight excluding hydrogens is 252 g/mol. The molecule has 0 radical (unpaired) electrons. The molecule has 5 heteroatoms. The van der Waals surface area contributed by atoms with Crippen molar-refractivity contribution in [1.82, 2.24) is 14.9 Å². The Labute approximate surface area is 122 Å². The fourth-order valence-electron chi connectivity index (χ4n) is 2.57. The van der Waals surface area contributed by atoms with E-state index in [9.17, 15) is 0 Å². The van der Waals surface area contributed by atoms with Gasteiger partial charge >= 0.3 is 0 Å². The minimum Gasteiger partial charge on any atom is -0.373 e. The van der Waals surface area contributed by atoms with Crippen LogP contribution in [-0.4, -0.2) is 60.3 Å². The third-order valence-electron chi connectivity index (χ3n) is 3.57. The predicted molar refractivity (Wildman–Crippen MR) is 81.2 cm³/mol. The largest absolute Gasteiger partial charge is 0.373 e. The maximum atomic E-state index is 5.74. The van der Waals surface area contributed by atoms with Gasteiger partial charge in [-0.1, -0.05) is 0 Å². The molecule has 20 heavy (non-hydrogen) atoms. The number of aryl methyl sites for hydroxylation is 2. The van der Waals surface area contributed by atoms with Gasteiger partial charge in [0.15, 0.2) is 0 Å². The summed E-state index contributed by atoms with van der Waals surface area (Å²) in [4.78, 5) is 13.6. The molecule has 0 aliphatic carbocycles. The minimum atomic E-state index is -0.0345. The molecule has 0 spiro atoms. The number of anilines is 1. The van der Waals surface area contributed by atoms with E-state index >= 15 is 0 Å². The monoisotopic (exact) mass is 278 g/mol. The summed E-state index contributed by atoms with van der Waals surface area (Å²) < 4.78 is 5.74. The number of morpholine rings is 1. The summed E-state index contributed by atoms with van der Waals surface area (Å²) in [7, 11) is 2.06. The van der Waals surface area contributed by atoms with Crippen molar-refractivity contribution >= 4 is 5.95 Å². The van der Waals surface area contributed by atoms with Crippen LogP contribution in [0.1, 0.15) is 25.2 Å². The highest BCUT2D eigenvalue weighted by atomic mass is 16.5. The number of aromatic nitrogens is 2. The minimum absolute atomic E-state index is 0.0345. The van der Waals surface area contributed by atoms with Crippen LogP contribution in [0.25, 0.3) is 0 Å². The topological polar surface area (TPSA) is 41.5 Å². The van der Waals surface area contributed by atoms with Gasteiger partial charge in [-0.25, -0.2) is 9.97 Å². The quantitative estimate of drug-likeness (QED) is 0.837. The lowest BCUT2D eigenvalue weighted by Crippen LogP contribution is -2.50. The van der Waals surface area contributed by atoms with Crippen LogP contribution in [0.2, 0.25) is 0 Å². The summed E-state index contributed by atoms with van der Waals surface area (Å²) in [6, 6.07) is 2.00. The second-order valence-electron chi connectivity index (χ2n) is 6.26.